The van der Waals surface area contributed by atoms with E-state index in [1.807, 2.05) is 30.3 Å². The first kappa shape index (κ1) is 19.1. The van der Waals surface area contributed by atoms with Crippen LogP contribution in [0.1, 0.15) is 0 Å². The molecule has 0 aliphatic rings. The number of nitrogens with zero attached hydrogens (tertiary/aromatic N) is 2. The van der Waals surface area contributed by atoms with Gasteiger partial charge in [0, 0.05) is 24.0 Å². The van der Waals surface area contributed by atoms with Crippen LogP contribution in [0.5, 0.6) is 23.0 Å². The minimum absolute atomic E-state index is 0.425. The first-order chi connectivity index (χ1) is 13.7. The van der Waals surface area contributed by atoms with E-state index in [-0.39, 0.29) is 0 Å². The average Bonchev–Trinajstić information content (AvgIpc) is 2.74. The van der Waals surface area contributed by atoms with Gasteiger partial charge in [-0.25, -0.2) is 4.98 Å². The summed E-state index contributed by atoms with van der Waals surface area (Å²) in [6.45, 7) is 0. The van der Waals surface area contributed by atoms with Crippen LogP contribution in [-0.4, -0.2) is 38.4 Å². The monoisotopic (exact) mass is 382 g/mol. The number of nitrogens with one attached hydrogen (secondary N) is 2. The van der Waals surface area contributed by atoms with E-state index in [0.29, 0.717) is 34.8 Å². The Morgan fingerprint density at radius 2 is 1.50 bits per heavy atom. The molecule has 0 saturated carbocycles. The Bertz CT molecular complexity index is 949. The number of hydrogen-bond acceptors (Lipinski definition) is 8. The van der Waals surface area contributed by atoms with Crippen LogP contribution in [0.3, 0.4) is 0 Å². The minimum Gasteiger partial charge on any atom is -0.497 e. The molecule has 0 saturated heterocycles. The molecule has 0 atom stereocenters. The van der Waals surface area contributed by atoms with Crippen LogP contribution >= 0.6 is 0 Å². The lowest BCUT2D eigenvalue weighted by atomic mass is 10.2. The van der Waals surface area contributed by atoms with Crippen molar-refractivity contribution in [1.29, 1.82) is 0 Å². The van der Waals surface area contributed by atoms with Crippen LogP contribution in [0.2, 0.25) is 0 Å². The van der Waals surface area contributed by atoms with Gasteiger partial charge in [0.15, 0.2) is 11.5 Å². The molecule has 2 N–H and O–H groups in total. The molecular formula is C20H22N4O4. The summed E-state index contributed by atoms with van der Waals surface area (Å²) in [6, 6.07) is 12.8. The lowest BCUT2D eigenvalue weighted by Gasteiger charge is -2.13. The van der Waals surface area contributed by atoms with Crippen molar-refractivity contribution < 1.29 is 18.9 Å². The summed E-state index contributed by atoms with van der Waals surface area (Å²) >= 11 is 0. The van der Waals surface area contributed by atoms with Gasteiger partial charge in [-0.15, -0.1) is 0 Å². The van der Waals surface area contributed by atoms with Gasteiger partial charge in [-0.05, 0) is 30.3 Å². The van der Waals surface area contributed by atoms with E-state index in [1.54, 1.807) is 46.8 Å². The topological polar surface area (TPSA) is 86.8 Å². The molecule has 28 heavy (non-hydrogen) atoms. The maximum Gasteiger partial charge on any atom is 0.229 e. The lowest BCUT2D eigenvalue weighted by Crippen LogP contribution is -2.02. The van der Waals surface area contributed by atoms with Gasteiger partial charge < -0.3 is 29.6 Å². The van der Waals surface area contributed by atoms with E-state index in [4.69, 9.17) is 18.9 Å². The number of hydrogen-bond donors (Lipinski definition) is 2. The van der Waals surface area contributed by atoms with E-state index in [0.717, 1.165) is 11.4 Å². The van der Waals surface area contributed by atoms with Crippen LogP contribution in [0.25, 0.3) is 0 Å². The molecule has 0 radical (unpaired) electrons. The lowest BCUT2D eigenvalue weighted by molar-refractivity contribution is 0.355. The van der Waals surface area contributed by atoms with Gasteiger partial charge in [-0.1, -0.05) is 0 Å². The number of methoxy groups -OCH3 is 4. The summed E-state index contributed by atoms with van der Waals surface area (Å²) < 4.78 is 21.2. The predicted octanol–water partition coefficient (Wildman–Crippen LogP) is 4.00. The zero-order valence-corrected chi connectivity index (χ0v) is 16.1. The molecule has 1 heterocycles. The third-order valence-electron chi connectivity index (χ3n) is 3.97. The molecule has 146 valence electrons. The molecule has 8 nitrogen and oxygen atoms in total. The number of benzene rings is 2. The molecule has 0 unspecified atom stereocenters. The quantitative estimate of drug-likeness (QED) is 0.605. The van der Waals surface area contributed by atoms with Crippen molar-refractivity contribution in [3.05, 3.63) is 48.7 Å². The van der Waals surface area contributed by atoms with Crippen LogP contribution in [0, 0.1) is 0 Å². The molecule has 3 rings (SSSR count). The summed E-state index contributed by atoms with van der Waals surface area (Å²) in [6.07, 6.45) is 1.66. The highest BCUT2D eigenvalue weighted by molar-refractivity contribution is 5.66. The van der Waals surface area contributed by atoms with E-state index >= 15 is 0 Å². The van der Waals surface area contributed by atoms with Gasteiger partial charge >= 0.3 is 0 Å². The fourth-order valence-corrected chi connectivity index (χ4v) is 2.57. The second-order valence-electron chi connectivity index (χ2n) is 5.65. The Kier molecular flexibility index (Phi) is 6.01. The zero-order valence-electron chi connectivity index (χ0n) is 16.1. The summed E-state index contributed by atoms with van der Waals surface area (Å²) in [7, 11) is 6.39. The van der Waals surface area contributed by atoms with Crippen molar-refractivity contribution in [2.24, 2.45) is 0 Å². The third-order valence-corrected chi connectivity index (χ3v) is 3.97. The van der Waals surface area contributed by atoms with Crippen molar-refractivity contribution in [2.45, 2.75) is 0 Å². The van der Waals surface area contributed by atoms with Crippen LogP contribution in [0.4, 0.5) is 23.1 Å². The smallest absolute Gasteiger partial charge is 0.229 e. The van der Waals surface area contributed by atoms with E-state index in [2.05, 4.69) is 20.6 Å². The normalized spacial score (nSPS) is 10.1. The van der Waals surface area contributed by atoms with Gasteiger partial charge in [0.2, 0.25) is 5.95 Å². The molecule has 1 aromatic heterocycles. The highest BCUT2D eigenvalue weighted by atomic mass is 16.5. The molecule has 0 aliphatic carbocycles. The van der Waals surface area contributed by atoms with Crippen LogP contribution in [0.15, 0.2) is 48.7 Å². The zero-order chi connectivity index (χ0) is 19.9. The highest BCUT2D eigenvalue weighted by Gasteiger charge is 2.09. The molecule has 0 aliphatic heterocycles. The molecule has 0 bridgehead atoms. The SMILES string of the molecule is COc1ccc(Nc2nccc(Nc3ccc(OC)c(OC)c3)n2)c(OC)c1. The molecular weight excluding hydrogens is 360 g/mol. The predicted molar refractivity (Wildman–Crippen MR) is 108 cm³/mol. The first-order valence-corrected chi connectivity index (χ1v) is 8.48. The van der Waals surface area contributed by atoms with Crippen LogP contribution < -0.4 is 29.6 Å². The maximum atomic E-state index is 5.39. The molecule has 8 heteroatoms. The van der Waals surface area contributed by atoms with Crippen molar-refractivity contribution in [2.75, 3.05) is 39.1 Å². The van der Waals surface area contributed by atoms with Crippen LogP contribution in [-0.2, 0) is 0 Å². The molecule has 0 amide bonds. The van der Waals surface area contributed by atoms with Gasteiger partial charge in [0.05, 0.1) is 34.1 Å². The Morgan fingerprint density at radius 3 is 2.21 bits per heavy atom. The number of ether oxygens (including phenoxy) is 4. The Labute approximate surface area is 163 Å². The molecule has 3 aromatic rings. The van der Waals surface area contributed by atoms with Crippen molar-refractivity contribution in [3.8, 4) is 23.0 Å². The number of anilines is 4. The summed E-state index contributed by atoms with van der Waals surface area (Å²) in [5.74, 6) is 3.66. The van der Waals surface area contributed by atoms with Crippen molar-refractivity contribution in [3.63, 3.8) is 0 Å². The third kappa shape index (κ3) is 4.35. The number of aromatic nitrogens is 2. The largest absolute Gasteiger partial charge is 0.497 e. The number of rotatable bonds is 8. The fourth-order valence-electron chi connectivity index (χ4n) is 2.57. The second kappa shape index (κ2) is 8.81. The molecule has 0 fully saturated rings. The highest BCUT2D eigenvalue weighted by Crippen LogP contribution is 2.32. The Morgan fingerprint density at radius 1 is 0.714 bits per heavy atom. The van der Waals surface area contributed by atoms with E-state index in [9.17, 15) is 0 Å². The van der Waals surface area contributed by atoms with Gasteiger partial charge in [-0.2, -0.15) is 4.98 Å². The second-order valence-corrected chi connectivity index (χ2v) is 5.65. The Hall–Kier alpha value is -3.68. The average molecular weight is 382 g/mol. The standard InChI is InChI=1S/C20H22N4O4/c1-25-14-6-7-15(17(12-14)27-3)23-20-21-10-9-19(24-20)22-13-5-8-16(26-2)18(11-13)28-4/h5-12H,1-4H3,(H2,21,22,23,24). The maximum absolute atomic E-state index is 5.39. The Balaban J connectivity index is 1.79. The van der Waals surface area contributed by atoms with Gasteiger partial charge in [-0.3, -0.25) is 0 Å². The molecule has 0 spiro atoms. The summed E-state index contributed by atoms with van der Waals surface area (Å²) in [5, 5.41) is 6.38. The van der Waals surface area contributed by atoms with Gasteiger partial charge in [0.25, 0.3) is 0 Å². The van der Waals surface area contributed by atoms with Gasteiger partial charge in [0.1, 0.15) is 17.3 Å². The summed E-state index contributed by atoms with van der Waals surface area (Å²) in [5.41, 5.74) is 1.54. The summed E-state index contributed by atoms with van der Waals surface area (Å²) in [4.78, 5) is 8.75. The van der Waals surface area contributed by atoms with Crippen molar-refractivity contribution in [1.82, 2.24) is 9.97 Å². The van der Waals surface area contributed by atoms with E-state index < -0.39 is 0 Å². The van der Waals surface area contributed by atoms with Crippen molar-refractivity contribution >= 4 is 23.1 Å². The van der Waals surface area contributed by atoms with E-state index in [1.165, 1.54) is 0 Å². The fraction of sp³-hybridized carbons (Fsp3) is 0.200. The molecule has 2 aromatic carbocycles. The first-order valence-electron chi connectivity index (χ1n) is 8.48. The minimum atomic E-state index is 0.425.